The SMILES string of the molecule is COCCc1nsc(Sc2nnc(-c3cccc(C)c3)n2C)n1. The Morgan fingerprint density at radius 1 is 1.30 bits per heavy atom. The molecule has 0 N–H and O–H groups in total. The number of hydrogen-bond donors (Lipinski definition) is 0. The Hall–Kier alpha value is -1.77. The van der Waals surface area contributed by atoms with E-state index in [2.05, 4.69) is 38.6 Å². The normalized spacial score (nSPS) is 11.1. The number of ether oxygens (including phenoxy) is 1. The Balaban J connectivity index is 1.78. The molecule has 6 nitrogen and oxygen atoms in total. The molecule has 120 valence electrons. The average molecular weight is 347 g/mol. The molecule has 3 rings (SSSR count). The number of methoxy groups -OCH3 is 1. The third kappa shape index (κ3) is 3.77. The zero-order valence-corrected chi connectivity index (χ0v) is 14.8. The molecule has 3 aromatic rings. The fraction of sp³-hybridized carbons (Fsp3) is 0.333. The molecule has 23 heavy (non-hydrogen) atoms. The van der Waals surface area contributed by atoms with Gasteiger partial charge in [-0.15, -0.1) is 10.2 Å². The molecule has 0 amide bonds. The summed E-state index contributed by atoms with van der Waals surface area (Å²) in [6.45, 7) is 2.70. The molecule has 0 atom stereocenters. The van der Waals surface area contributed by atoms with E-state index in [0.29, 0.717) is 6.61 Å². The maximum absolute atomic E-state index is 5.05. The fourth-order valence-electron chi connectivity index (χ4n) is 2.09. The molecule has 0 aliphatic rings. The van der Waals surface area contributed by atoms with Gasteiger partial charge in [-0.1, -0.05) is 23.8 Å². The molecule has 2 aromatic heterocycles. The van der Waals surface area contributed by atoms with Crippen LogP contribution in [0.3, 0.4) is 0 Å². The van der Waals surface area contributed by atoms with E-state index in [1.807, 2.05) is 23.7 Å². The molecule has 0 radical (unpaired) electrons. The molecule has 0 spiro atoms. The summed E-state index contributed by atoms with van der Waals surface area (Å²) in [5.74, 6) is 1.65. The van der Waals surface area contributed by atoms with Crippen molar-refractivity contribution in [2.24, 2.45) is 7.05 Å². The molecule has 2 heterocycles. The van der Waals surface area contributed by atoms with E-state index in [-0.39, 0.29) is 0 Å². The van der Waals surface area contributed by atoms with Gasteiger partial charge in [-0.2, -0.15) is 4.37 Å². The van der Waals surface area contributed by atoms with Gasteiger partial charge in [-0.05, 0) is 36.3 Å². The van der Waals surface area contributed by atoms with Crippen molar-refractivity contribution in [1.82, 2.24) is 24.1 Å². The van der Waals surface area contributed by atoms with Gasteiger partial charge in [-0.25, -0.2) is 4.98 Å². The molecule has 1 aromatic carbocycles. The third-order valence-corrected chi connectivity index (χ3v) is 5.10. The van der Waals surface area contributed by atoms with Crippen LogP contribution in [0.1, 0.15) is 11.4 Å². The van der Waals surface area contributed by atoms with Crippen molar-refractivity contribution >= 4 is 23.3 Å². The fourth-order valence-corrected chi connectivity index (χ4v) is 3.65. The van der Waals surface area contributed by atoms with Crippen LogP contribution in [0, 0.1) is 6.92 Å². The number of benzene rings is 1. The van der Waals surface area contributed by atoms with E-state index >= 15 is 0 Å². The lowest BCUT2D eigenvalue weighted by Crippen LogP contribution is -1.96. The summed E-state index contributed by atoms with van der Waals surface area (Å²) < 4.78 is 12.2. The molecule has 0 aliphatic heterocycles. The smallest absolute Gasteiger partial charge is 0.198 e. The van der Waals surface area contributed by atoms with Gasteiger partial charge in [0, 0.05) is 26.1 Å². The largest absolute Gasteiger partial charge is 0.384 e. The highest BCUT2D eigenvalue weighted by Gasteiger charge is 2.14. The van der Waals surface area contributed by atoms with Crippen LogP contribution in [0.4, 0.5) is 0 Å². The average Bonchev–Trinajstić information content (AvgIpc) is 3.13. The first kappa shape index (κ1) is 16.1. The highest BCUT2D eigenvalue weighted by Crippen LogP contribution is 2.30. The number of nitrogens with zero attached hydrogens (tertiary/aromatic N) is 5. The first-order valence-corrected chi connectivity index (χ1v) is 8.72. The quantitative estimate of drug-likeness (QED) is 0.683. The highest BCUT2D eigenvalue weighted by atomic mass is 32.2. The Kier molecular flexibility index (Phi) is 5.04. The molecule has 0 saturated carbocycles. The van der Waals surface area contributed by atoms with Crippen molar-refractivity contribution in [1.29, 1.82) is 0 Å². The van der Waals surface area contributed by atoms with E-state index in [4.69, 9.17) is 4.74 Å². The molecule has 0 fully saturated rings. The van der Waals surface area contributed by atoms with Crippen LogP contribution in [-0.4, -0.2) is 37.8 Å². The van der Waals surface area contributed by atoms with E-state index in [1.54, 1.807) is 7.11 Å². The Bertz CT molecular complexity index is 799. The first-order valence-electron chi connectivity index (χ1n) is 7.13. The summed E-state index contributed by atoms with van der Waals surface area (Å²) in [4.78, 5) is 4.49. The van der Waals surface area contributed by atoms with Crippen LogP contribution in [0.2, 0.25) is 0 Å². The minimum atomic E-state index is 0.627. The van der Waals surface area contributed by atoms with Gasteiger partial charge in [0.25, 0.3) is 0 Å². The standard InChI is InChI=1S/C15H17N5OS2/c1-10-5-4-6-11(9-10)13-17-18-14(20(13)2)22-15-16-12(19-23-15)7-8-21-3/h4-6,9H,7-8H2,1-3H3. The van der Waals surface area contributed by atoms with Gasteiger partial charge in [0.05, 0.1) is 6.61 Å². The van der Waals surface area contributed by atoms with E-state index in [9.17, 15) is 0 Å². The number of hydrogen-bond acceptors (Lipinski definition) is 7. The van der Waals surface area contributed by atoms with E-state index in [1.165, 1.54) is 28.9 Å². The summed E-state index contributed by atoms with van der Waals surface area (Å²) in [6, 6.07) is 8.24. The van der Waals surface area contributed by atoms with Gasteiger partial charge < -0.3 is 9.30 Å². The zero-order chi connectivity index (χ0) is 16.2. The summed E-state index contributed by atoms with van der Waals surface area (Å²) in [6.07, 6.45) is 0.723. The van der Waals surface area contributed by atoms with Crippen molar-refractivity contribution in [2.45, 2.75) is 22.8 Å². The summed E-state index contributed by atoms with van der Waals surface area (Å²) in [5.41, 5.74) is 2.26. The number of rotatable bonds is 6. The van der Waals surface area contributed by atoms with E-state index in [0.717, 1.165) is 33.1 Å². The zero-order valence-electron chi connectivity index (χ0n) is 13.2. The van der Waals surface area contributed by atoms with Gasteiger partial charge in [0.1, 0.15) is 5.82 Å². The Labute approximate surface area is 143 Å². The summed E-state index contributed by atoms with van der Waals surface area (Å²) in [5, 5.41) is 9.39. The lowest BCUT2D eigenvalue weighted by Gasteiger charge is -2.03. The molecule has 8 heteroatoms. The lowest BCUT2D eigenvalue weighted by atomic mass is 10.1. The van der Waals surface area contributed by atoms with Crippen molar-refractivity contribution in [3.8, 4) is 11.4 Å². The van der Waals surface area contributed by atoms with Crippen LogP contribution in [0.15, 0.2) is 33.8 Å². The van der Waals surface area contributed by atoms with Crippen molar-refractivity contribution in [3.05, 3.63) is 35.7 Å². The van der Waals surface area contributed by atoms with Crippen LogP contribution in [-0.2, 0) is 18.2 Å². The summed E-state index contributed by atoms with van der Waals surface area (Å²) in [7, 11) is 3.64. The number of aryl methyl sites for hydroxylation is 1. The molecule has 0 aliphatic carbocycles. The van der Waals surface area contributed by atoms with Crippen LogP contribution < -0.4 is 0 Å². The molecule has 0 saturated heterocycles. The molecular weight excluding hydrogens is 330 g/mol. The summed E-state index contributed by atoms with van der Waals surface area (Å²) >= 11 is 2.86. The molecule has 0 unspecified atom stereocenters. The van der Waals surface area contributed by atoms with Crippen molar-refractivity contribution < 1.29 is 4.74 Å². The van der Waals surface area contributed by atoms with Crippen molar-refractivity contribution in [2.75, 3.05) is 13.7 Å². The highest BCUT2D eigenvalue weighted by molar-refractivity contribution is 8.00. The third-order valence-electron chi connectivity index (χ3n) is 3.27. The minimum Gasteiger partial charge on any atom is -0.384 e. The first-order chi connectivity index (χ1) is 11.2. The van der Waals surface area contributed by atoms with Crippen molar-refractivity contribution in [3.63, 3.8) is 0 Å². The maximum Gasteiger partial charge on any atom is 0.198 e. The lowest BCUT2D eigenvalue weighted by molar-refractivity contribution is 0.200. The second-order valence-corrected chi connectivity index (χ2v) is 7.02. The minimum absolute atomic E-state index is 0.627. The predicted octanol–water partition coefficient (Wildman–Crippen LogP) is 2.98. The maximum atomic E-state index is 5.05. The van der Waals surface area contributed by atoms with Crippen LogP contribution in [0.5, 0.6) is 0 Å². The van der Waals surface area contributed by atoms with Crippen LogP contribution >= 0.6 is 23.3 Å². The predicted molar refractivity (Wildman–Crippen MR) is 90.8 cm³/mol. The van der Waals surface area contributed by atoms with Gasteiger partial charge in [-0.3, -0.25) is 0 Å². The second kappa shape index (κ2) is 7.20. The molecule has 0 bridgehead atoms. The van der Waals surface area contributed by atoms with Crippen LogP contribution in [0.25, 0.3) is 11.4 Å². The number of aromatic nitrogens is 5. The topological polar surface area (TPSA) is 65.7 Å². The Morgan fingerprint density at radius 3 is 2.96 bits per heavy atom. The van der Waals surface area contributed by atoms with Gasteiger partial charge in [0.2, 0.25) is 0 Å². The van der Waals surface area contributed by atoms with Gasteiger partial charge >= 0.3 is 0 Å². The monoisotopic (exact) mass is 347 g/mol. The Morgan fingerprint density at radius 2 is 2.17 bits per heavy atom. The van der Waals surface area contributed by atoms with E-state index < -0.39 is 0 Å². The van der Waals surface area contributed by atoms with Gasteiger partial charge in [0.15, 0.2) is 15.3 Å². The second-order valence-electron chi connectivity index (χ2n) is 5.06. The molecular formula is C15H17N5OS2.